The van der Waals surface area contributed by atoms with Crippen LogP contribution in [0.15, 0.2) is 31.4 Å². The fourth-order valence-corrected chi connectivity index (χ4v) is 3.63. The van der Waals surface area contributed by atoms with Crippen molar-refractivity contribution in [3.63, 3.8) is 0 Å². The van der Waals surface area contributed by atoms with E-state index in [0.29, 0.717) is 23.5 Å². The highest BCUT2D eigenvalue weighted by molar-refractivity contribution is 8.10. The van der Waals surface area contributed by atoms with Gasteiger partial charge in [-0.2, -0.15) is 0 Å². The second-order valence-corrected chi connectivity index (χ2v) is 8.85. The van der Waals surface area contributed by atoms with Crippen LogP contribution >= 0.6 is 6.42 Å². The van der Waals surface area contributed by atoms with Crippen molar-refractivity contribution in [2.75, 3.05) is 12.1 Å². The molecule has 122 valence electrons. The Morgan fingerprint density at radius 2 is 2.22 bits per heavy atom. The van der Waals surface area contributed by atoms with Gasteiger partial charge >= 0.3 is 0 Å². The lowest BCUT2D eigenvalue weighted by Crippen LogP contribution is -2.18. The first kappa shape index (κ1) is 16.0. The SMILES string of the molecule is C[C@H](Cn1cnc2c(N)ncnc21)OCP(O)(=S)n1ccnc1. The largest absolute Gasteiger partial charge is 0.382 e. The second-order valence-electron chi connectivity index (χ2n) is 5.04. The highest BCUT2D eigenvalue weighted by Crippen LogP contribution is 2.42. The number of rotatable bonds is 6. The first-order valence-electron chi connectivity index (χ1n) is 6.81. The van der Waals surface area contributed by atoms with Crippen LogP contribution in [0, 0.1) is 0 Å². The third kappa shape index (κ3) is 3.40. The molecule has 3 aromatic heterocycles. The summed E-state index contributed by atoms with van der Waals surface area (Å²) in [6.45, 7) is 2.39. The molecule has 3 N–H and O–H groups in total. The Kier molecular flexibility index (Phi) is 4.40. The van der Waals surface area contributed by atoms with Crippen LogP contribution in [0.4, 0.5) is 5.82 Å². The molecule has 0 saturated carbocycles. The van der Waals surface area contributed by atoms with Gasteiger partial charge in [0.15, 0.2) is 17.9 Å². The minimum absolute atomic E-state index is 0.0591. The van der Waals surface area contributed by atoms with Gasteiger partial charge in [0.05, 0.1) is 19.0 Å². The van der Waals surface area contributed by atoms with Crippen molar-refractivity contribution in [1.82, 2.24) is 28.8 Å². The van der Waals surface area contributed by atoms with Crippen LogP contribution in [0.25, 0.3) is 11.2 Å². The standard InChI is InChI=1S/C12H16N7O2PS/c1-9(21-8-22(20,23)19-3-2-14-6-19)4-18-7-17-10-11(13)15-5-16-12(10)18/h2-3,5-7,9H,4,8H2,1H3,(H,20,23)(H2,13,15,16)/t9-,22?/m1/s1. The molecule has 0 saturated heterocycles. The van der Waals surface area contributed by atoms with Crippen molar-refractivity contribution < 1.29 is 9.63 Å². The lowest BCUT2D eigenvalue weighted by molar-refractivity contribution is 0.0855. The second kappa shape index (κ2) is 6.32. The van der Waals surface area contributed by atoms with E-state index in [-0.39, 0.29) is 12.5 Å². The minimum atomic E-state index is -2.80. The van der Waals surface area contributed by atoms with E-state index in [4.69, 9.17) is 22.3 Å². The normalized spacial score (nSPS) is 15.6. The van der Waals surface area contributed by atoms with E-state index in [1.165, 1.54) is 17.0 Å². The smallest absolute Gasteiger partial charge is 0.183 e. The molecule has 0 spiro atoms. The van der Waals surface area contributed by atoms with Crippen LogP contribution in [0.3, 0.4) is 0 Å². The quantitative estimate of drug-likeness (QED) is 0.626. The van der Waals surface area contributed by atoms with Crippen LogP contribution in [0.5, 0.6) is 0 Å². The Hall–Kier alpha value is -1.87. The lowest BCUT2D eigenvalue weighted by Gasteiger charge is -2.20. The van der Waals surface area contributed by atoms with Gasteiger partial charge in [-0.1, -0.05) is 0 Å². The highest BCUT2D eigenvalue weighted by atomic mass is 32.4. The van der Waals surface area contributed by atoms with E-state index in [1.807, 2.05) is 11.5 Å². The summed E-state index contributed by atoms with van der Waals surface area (Å²) >= 11 is 5.23. The molecule has 0 aromatic carbocycles. The summed E-state index contributed by atoms with van der Waals surface area (Å²) in [5.41, 5.74) is 6.97. The third-order valence-corrected chi connectivity index (χ3v) is 5.59. The predicted molar refractivity (Wildman–Crippen MR) is 89.3 cm³/mol. The minimum Gasteiger partial charge on any atom is -0.382 e. The van der Waals surface area contributed by atoms with Crippen LogP contribution < -0.4 is 5.73 Å². The zero-order valence-electron chi connectivity index (χ0n) is 12.3. The van der Waals surface area contributed by atoms with Crippen molar-refractivity contribution in [3.8, 4) is 0 Å². The molecule has 3 aromatic rings. The van der Waals surface area contributed by atoms with Gasteiger partial charge in [0.25, 0.3) is 0 Å². The number of imidazole rings is 2. The first-order valence-corrected chi connectivity index (χ1v) is 9.70. The first-order chi connectivity index (χ1) is 11.0. The Morgan fingerprint density at radius 3 is 2.96 bits per heavy atom. The maximum absolute atomic E-state index is 10.3. The molecule has 1 unspecified atom stereocenters. The fourth-order valence-electron chi connectivity index (χ4n) is 2.09. The zero-order chi connectivity index (χ0) is 16.4. The summed E-state index contributed by atoms with van der Waals surface area (Å²) in [4.78, 5) is 26.5. The number of aromatic nitrogens is 6. The molecule has 0 radical (unpaired) electrons. The Labute approximate surface area is 137 Å². The number of ether oxygens (including phenoxy) is 1. The van der Waals surface area contributed by atoms with Crippen molar-refractivity contribution in [2.45, 2.75) is 19.6 Å². The third-order valence-electron chi connectivity index (χ3n) is 3.26. The molecule has 0 amide bonds. The van der Waals surface area contributed by atoms with Crippen LogP contribution in [-0.4, -0.2) is 46.2 Å². The Morgan fingerprint density at radius 1 is 1.39 bits per heavy atom. The average Bonchev–Trinajstić information content (AvgIpc) is 3.17. The van der Waals surface area contributed by atoms with Crippen molar-refractivity contribution in [3.05, 3.63) is 31.4 Å². The molecule has 11 heteroatoms. The number of nitrogens with two attached hydrogens (primary N) is 1. The molecular formula is C12H16N7O2PS. The average molecular weight is 353 g/mol. The molecule has 3 rings (SSSR count). The summed E-state index contributed by atoms with van der Waals surface area (Å²) in [6, 6.07) is 0. The van der Waals surface area contributed by atoms with Gasteiger partial charge in [0.2, 0.25) is 0 Å². The molecule has 0 aliphatic rings. The lowest BCUT2D eigenvalue weighted by atomic mass is 10.4. The maximum Gasteiger partial charge on any atom is 0.183 e. The van der Waals surface area contributed by atoms with E-state index in [9.17, 15) is 4.89 Å². The molecule has 3 heterocycles. The molecule has 9 nitrogen and oxygen atoms in total. The van der Waals surface area contributed by atoms with Gasteiger partial charge in [0, 0.05) is 12.4 Å². The van der Waals surface area contributed by atoms with Crippen LogP contribution in [0.1, 0.15) is 6.92 Å². The maximum atomic E-state index is 10.3. The highest BCUT2D eigenvalue weighted by Gasteiger charge is 2.18. The van der Waals surface area contributed by atoms with E-state index in [2.05, 4.69) is 19.9 Å². The Balaban J connectivity index is 1.66. The number of hydrogen-bond acceptors (Lipinski definition) is 7. The molecule has 0 fully saturated rings. The molecule has 23 heavy (non-hydrogen) atoms. The van der Waals surface area contributed by atoms with Crippen LogP contribution in [-0.2, 0) is 23.1 Å². The topological polar surface area (TPSA) is 117 Å². The van der Waals surface area contributed by atoms with E-state index in [1.54, 1.807) is 18.7 Å². The van der Waals surface area contributed by atoms with Crippen molar-refractivity contribution in [2.24, 2.45) is 0 Å². The van der Waals surface area contributed by atoms with E-state index in [0.717, 1.165) is 0 Å². The van der Waals surface area contributed by atoms with Gasteiger partial charge < -0.3 is 19.9 Å². The van der Waals surface area contributed by atoms with E-state index < -0.39 is 6.42 Å². The summed E-state index contributed by atoms with van der Waals surface area (Å²) in [5, 5.41) is 0. The molecule has 0 aliphatic heterocycles. The predicted octanol–water partition coefficient (Wildman–Crippen LogP) is 0.818. The van der Waals surface area contributed by atoms with Crippen LogP contribution in [0.2, 0.25) is 0 Å². The zero-order valence-corrected chi connectivity index (χ0v) is 14.1. The summed E-state index contributed by atoms with van der Waals surface area (Å²) in [6.07, 6.45) is 4.81. The van der Waals surface area contributed by atoms with Gasteiger partial charge in [-0.15, -0.1) is 0 Å². The molecule has 0 aliphatic carbocycles. The molecule has 2 atom stereocenters. The number of nitrogen functional groups attached to an aromatic ring is 1. The monoisotopic (exact) mass is 353 g/mol. The number of fused-ring (bicyclic) bond motifs is 1. The van der Waals surface area contributed by atoms with E-state index >= 15 is 0 Å². The van der Waals surface area contributed by atoms with Gasteiger partial charge in [-0.3, -0.25) is 4.34 Å². The summed E-state index contributed by atoms with van der Waals surface area (Å²) in [5.74, 6) is 0.341. The Bertz CT molecular complexity index is 850. The number of nitrogens with zero attached hydrogens (tertiary/aromatic N) is 6. The molecule has 0 bridgehead atoms. The number of hydrogen-bond donors (Lipinski definition) is 2. The van der Waals surface area contributed by atoms with Crippen molar-refractivity contribution in [1.29, 1.82) is 0 Å². The number of anilines is 1. The van der Waals surface area contributed by atoms with Gasteiger partial charge in [0.1, 0.15) is 24.5 Å². The van der Waals surface area contributed by atoms with Gasteiger partial charge in [-0.05, 0) is 18.7 Å². The molecular weight excluding hydrogens is 337 g/mol. The summed E-state index contributed by atoms with van der Waals surface area (Å²) in [7, 11) is 0. The van der Waals surface area contributed by atoms with Crippen molar-refractivity contribution >= 4 is 35.2 Å². The van der Waals surface area contributed by atoms with Gasteiger partial charge in [-0.25, -0.2) is 19.9 Å². The fraction of sp³-hybridized carbons (Fsp3) is 0.333. The summed E-state index contributed by atoms with van der Waals surface area (Å²) < 4.78 is 9.06.